The number of nitrogens with zero attached hydrogens (tertiary/aromatic N) is 3. The van der Waals surface area contributed by atoms with Gasteiger partial charge in [0.25, 0.3) is 0 Å². The molecule has 0 aliphatic heterocycles. The number of nitrogens with one attached hydrogen (secondary N) is 1. The minimum Gasteiger partial charge on any atom is -0.444 e. The molecule has 19 heavy (non-hydrogen) atoms. The Morgan fingerprint density at radius 1 is 1.37 bits per heavy atom. The molecule has 1 amide bonds. The lowest BCUT2D eigenvalue weighted by Gasteiger charge is -2.19. The largest absolute Gasteiger partial charge is 0.444 e. The Labute approximate surface area is 110 Å². The summed E-state index contributed by atoms with van der Waals surface area (Å²) in [5.41, 5.74) is 0.585. The highest BCUT2D eigenvalue weighted by Gasteiger charge is 2.16. The van der Waals surface area contributed by atoms with E-state index in [1.807, 2.05) is 0 Å². The highest BCUT2D eigenvalue weighted by Crippen LogP contribution is 2.18. The molecule has 0 saturated carbocycles. The smallest absolute Gasteiger partial charge is 0.412 e. The predicted octanol–water partition coefficient (Wildman–Crippen LogP) is 2.48. The van der Waals surface area contributed by atoms with Crippen molar-refractivity contribution in [2.24, 2.45) is 0 Å². The van der Waals surface area contributed by atoms with Crippen LogP contribution in [0.3, 0.4) is 0 Å². The third kappa shape index (κ3) is 3.77. The number of aromatic nitrogens is 3. The predicted molar refractivity (Wildman–Crippen MR) is 67.4 cm³/mol. The number of ether oxygens (including phenoxy) is 1. The lowest BCUT2D eigenvalue weighted by atomic mass is 10.2. The van der Waals surface area contributed by atoms with Crippen molar-refractivity contribution in [3.63, 3.8) is 0 Å². The Morgan fingerprint density at radius 2 is 2.16 bits per heavy atom. The van der Waals surface area contributed by atoms with Crippen LogP contribution < -0.4 is 5.32 Å². The molecular formula is C12H14N4O3. The summed E-state index contributed by atoms with van der Waals surface area (Å²) >= 11 is 0. The third-order valence-corrected chi connectivity index (χ3v) is 2.00. The molecule has 2 aromatic heterocycles. The van der Waals surface area contributed by atoms with Crippen molar-refractivity contribution in [1.29, 1.82) is 0 Å². The zero-order chi connectivity index (χ0) is 13.9. The molecule has 2 heterocycles. The van der Waals surface area contributed by atoms with Gasteiger partial charge in [-0.15, -0.1) is 0 Å². The molecule has 0 saturated heterocycles. The van der Waals surface area contributed by atoms with Crippen LogP contribution in [-0.2, 0) is 4.74 Å². The zero-order valence-corrected chi connectivity index (χ0v) is 10.9. The van der Waals surface area contributed by atoms with E-state index in [2.05, 4.69) is 25.0 Å². The van der Waals surface area contributed by atoms with E-state index in [0.717, 1.165) is 0 Å². The van der Waals surface area contributed by atoms with Crippen molar-refractivity contribution in [3.05, 3.63) is 24.9 Å². The second kappa shape index (κ2) is 5.05. The molecule has 0 aliphatic rings. The second-order valence-corrected chi connectivity index (χ2v) is 4.84. The molecule has 1 N–H and O–H groups in total. The molecule has 7 nitrogen and oxygen atoms in total. The Kier molecular flexibility index (Phi) is 3.46. The van der Waals surface area contributed by atoms with Gasteiger partial charge in [-0.25, -0.2) is 4.79 Å². The molecule has 0 aromatic carbocycles. The lowest BCUT2D eigenvalue weighted by Crippen LogP contribution is -2.27. The van der Waals surface area contributed by atoms with Crippen LogP contribution in [0.5, 0.6) is 0 Å². The van der Waals surface area contributed by atoms with E-state index in [9.17, 15) is 4.79 Å². The number of pyridine rings is 1. The number of carbonyl (C=O) groups excluding carboxylic acids is 1. The summed E-state index contributed by atoms with van der Waals surface area (Å²) in [6.45, 7) is 5.38. The van der Waals surface area contributed by atoms with Gasteiger partial charge in [-0.2, -0.15) is 4.98 Å². The highest BCUT2D eigenvalue weighted by molar-refractivity contribution is 5.85. The van der Waals surface area contributed by atoms with Crippen LogP contribution in [0, 0.1) is 0 Å². The maximum atomic E-state index is 11.6. The minimum absolute atomic E-state index is 0.403. The molecule has 0 unspecified atom stereocenters. The van der Waals surface area contributed by atoms with Crippen molar-refractivity contribution in [2.75, 3.05) is 5.32 Å². The van der Waals surface area contributed by atoms with Gasteiger partial charge in [-0.1, -0.05) is 5.16 Å². The topological polar surface area (TPSA) is 90.1 Å². The fraction of sp³-hybridized carbons (Fsp3) is 0.333. The first-order chi connectivity index (χ1) is 8.94. The van der Waals surface area contributed by atoms with Gasteiger partial charge in [0.1, 0.15) is 5.60 Å². The molecule has 7 heteroatoms. The van der Waals surface area contributed by atoms with Crippen molar-refractivity contribution < 1.29 is 14.1 Å². The number of hydrogen-bond donors (Lipinski definition) is 1. The van der Waals surface area contributed by atoms with Gasteiger partial charge in [-0.05, 0) is 26.8 Å². The molecule has 0 fully saturated rings. The number of carbonyl (C=O) groups is 1. The number of amides is 1. The average Bonchev–Trinajstić information content (AvgIpc) is 2.79. The van der Waals surface area contributed by atoms with Crippen LogP contribution in [0.4, 0.5) is 10.5 Å². The van der Waals surface area contributed by atoms with Crippen molar-refractivity contribution in [3.8, 4) is 11.4 Å². The van der Waals surface area contributed by atoms with Crippen molar-refractivity contribution >= 4 is 11.8 Å². The van der Waals surface area contributed by atoms with E-state index in [-0.39, 0.29) is 0 Å². The standard InChI is InChI=1S/C12H14N4O3/c1-12(2,3)19-11(17)15-9-4-8(5-13-6-9)10-14-7-18-16-10/h4-7H,1-3H3,(H,15,17). The van der Waals surface area contributed by atoms with Crippen LogP contribution in [0.15, 0.2) is 29.4 Å². The fourth-order valence-electron chi connectivity index (χ4n) is 1.35. The van der Waals surface area contributed by atoms with Crippen LogP contribution >= 0.6 is 0 Å². The van der Waals surface area contributed by atoms with Gasteiger partial charge in [0.05, 0.1) is 11.9 Å². The van der Waals surface area contributed by atoms with Gasteiger partial charge in [0.2, 0.25) is 12.2 Å². The summed E-state index contributed by atoms with van der Waals surface area (Å²) in [6, 6.07) is 1.68. The van der Waals surface area contributed by atoms with Gasteiger partial charge in [0.15, 0.2) is 0 Å². The second-order valence-electron chi connectivity index (χ2n) is 4.84. The first-order valence-corrected chi connectivity index (χ1v) is 5.66. The summed E-state index contributed by atoms with van der Waals surface area (Å²) in [5, 5.41) is 6.29. The maximum Gasteiger partial charge on any atom is 0.412 e. The van der Waals surface area contributed by atoms with Gasteiger partial charge in [-0.3, -0.25) is 10.3 Å². The van der Waals surface area contributed by atoms with E-state index in [0.29, 0.717) is 17.1 Å². The quantitative estimate of drug-likeness (QED) is 0.894. The summed E-state index contributed by atoms with van der Waals surface area (Å²) < 4.78 is 9.80. The van der Waals surface area contributed by atoms with Crippen molar-refractivity contribution in [2.45, 2.75) is 26.4 Å². The molecule has 0 atom stereocenters. The first-order valence-electron chi connectivity index (χ1n) is 5.66. The summed E-state index contributed by atoms with van der Waals surface area (Å²) in [6.07, 6.45) is 3.77. The first kappa shape index (κ1) is 13.0. The molecule has 100 valence electrons. The Hall–Kier alpha value is -2.44. The van der Waals surface area contributed by atoms with Crippen LogP contribution in [0.2, 0.25) is 0 Å². The fourth-order valence-corrected chi connectivity index (χ4v) is 1.35. The Bertz CT molecular complexity index is 561. The molecule has 0 radical (unpaired) electrons. The number of hydrogen-bond acceptors (Lipinski definition) is 6. The van der Waals surface area contributed by atoms with E-state index in [4.69, 9.17) is 4.74 Å². The third-order valence-electron chi connectivity index (χ3n) is 2.00. The molecule has 2 rings (SSSR count). The van der Waals surface area contributed by atoms with Gasteiger partial charge >= 0.3 is 6.09 Å². The maximum absolute atomic E-state index is 11.6. The Balaban J connectivity index is 2.10. The molecule has 0 bridgehead atoms. The molecule has 0 spiro atoms. The number of anilines is 1. The van der Waals surface area contributed by atoms with E-state index < -0.39 is 11.7 Å². The number of rotatable bonds is 2. The van der Waals surface area contributed by atoms with Crippen molar-refractivity contribution in [1.82, 2.24) is 15.1 Å². The average molecular weight is 262 g/mol. The van der Waals surface area contributed by atoms with Gasteiger partial charge < -0.3 is 9.26 Å². The van der Waals surface area contributed by atoms with Crippen LogP contribution in [0.1, 0.15) is 20.8 Å². The van der Waals surface area contributed by atoms with E-state index >= 15 is 0 Å². The normalized spacial score (nSPS) is 11.1. The van der Waals surface area contributed by atoms with E-state index in [1.165, 1.54) is 12.6 Å². The lowest BCUT2D eigenvalue weighted by molar-refractivity contribution is 0.0636. The summed E-state index contributed by atoms with van der Waals surface area (Å²) in [5.74, 6) is 0.403. The van der Waals surface area contributed by atoms with Crippen LogP contribution in [-0.4, -0.2) is 26.8 Å². The van der Waals surface area contributed by atoms with Gasteiger partial charge in [0, 0.05) is 11.8 Å². The molecular weight excluding hydrogens is 248 g/mol. The minimum atomic E-state index is -0.553. The zero-order valence-electron chi connectivity index (χ0n) is 10.9. The highest BCUT2D eigenvalue weighted by atomic mass is 16.6. The SMILES string of the molecule is CC(C)(C)OC(=O)Nc1cncc(-c2ncon2)c1. The summed E-state index contributed by atoms with van der Waals surface area (Å²) in [4.78, 5) is 19.5. The van der Waals surface area contributed by atoms with E-state index in [1.54, 1.807) is 33.0 Å². The van der Waals surface area contributed by atoms with Crippen LogP contribution in [0.25, 0.3) is 11.4 Å². The monoisotopic (exact) mass is 262 g/mol. The molecule has 0 aliphatic carbocycles. The Morgan fingerprint density at radius 3 is 2.79 bits per heavy atom. The molecule has 2 aromatic rings. The summed E-state index contributed by atoms with van der Waals surface area (Å²) in [7, 11) is 0.